The number of aliphatic carboxylic acids is 1. The first-order valence-corrected chi connectivity index (χ1v) is 14.6. The smallest absolute Gasteiger partial charge is 0.303 e. The summed E-state index contributed by atoms with van der Waals surface area (Å²) in [4.78, 5) is 40.4. The fourth-order valence-corrected chi connectivity index (χ4v) is 5.20. The van der Waals surface area contributed by atoms with E-state index >= 15 is 0 Å². The number of amides is 2. The number of hydrogen-bond acceptors (Lipinski definition) is 5. The zero-order valence-electron chi connectivity index (χ0n) is 23.3. The molecule has 1 aliphatic rings. The normalized spacial score (nSPS) is 14.9. The highest BCUT2D eigenvalue weighted by molar-refractivity contribution is 5.98. The van der Waals surface area contributed by atoms with E-state index in [0.29, 0.717) is 24.9 Å². The Bertz CT molecular complexity index is 1100. The fourth-order valence-electron chi connectivity index (χ4n) is 5.20. The highest BCUT2D eigenvalue weighted by Crippen LogP contribution is 2.27. The van der Waals surface area contributed by atoms with Crippen LogP contribution in [0.5, 0.6) is 0 Å². The van der Waals surface area contributed by atoms with Gasteiger partial charge in [0.25, 0.3) is 5.91 Å². The third kappa shape index (κ3) is 10.6. The van der Waals surface area contributed by atoms with Crippen molar-refractivity contribution in [2.24, 2.45) is 5.92 Å². The van der Waals surface area contributed by atoms with E-state index in [9.17, 15) is 19.5 Å². The van der Waals surface area contributed by atoms with Crippen LogP contribution in [0.25, 0.3) is 5.57 Å². The molecule has 0 radical (unpaired) electrons. The number of pyridine rings is 1. The van der Waals surface area contributed by atoms with E-state index < -0.39 is 24.5 Å². The van der Waals surface area contributed by atoms with Gasteiger partial charge in [0.05, 0.1) is 6.61 Å². The lowest BCUT2D eigenvalue weighted by molar-refractivity contribution is -0.137. The van der Waals surface area contributed by atoms with Crippen molar-refractivity contribution in [1.29, 1.82) is 0 Å². The van der Waals surface area contributed by atoms with Gasteiger partial charge in [-0.15, -0.1) is 0 Å². The molecule has 1 saturated carbocycles. The molecule has 1 atom stereocenters. The highest BCUT2D eigenvalue weighted by atomic mass is 16.4. The first kappa shape index (κ1) is 31.0. The molecular weight excluding hydrogens is 506 g/mol. The maximum atomic E-state index is 12.8. The zero-order valence-corrected chi connectivity index (χ0v) is 23.3. The van der Waals surface area contributed by atoms with E-state index in [-0.39, 0.29) is 12.3 Å². The number of allylic oxidation sites excluding steroid dienone is 1. The lowest BCUT2D eigenvalue weighted by atomic mass is 9.86. The number of rotatable bonds is 16. The Morgan fingerprint density at radius 3 is 2.38 bits per heavy atom. The number of carbonyl (C=O) groups excluding carboxylic acids is 2. The third-order valence-corrected chi connectivity index (χ3v) is 7.49. The molecule has 8 nitrogen and oxygen atoms in total. The second-order valence-electron chi connectivity index (χ2n) is 10.6. The molecule has 1 aromatic carbocycles. The molecule has 1 aliphatic carbocycles. The molecular formula is C32H43N3O5. The van der Waals surface area contributed by atoms with Gasteiger partial charge in [-0.05, 0) is 60.9 Å². The van der Waals surface area contributed by atoms with Gasteiger partial charge in [-0.25, -0.2) is 0 Å². The number of aromatic nitrogens is 1. The number of nitrogens with one attached hydrogen (secondary N) is 2. The molecule has 40 heavy (non-hydrogen) atoms. The van der Waals surface area contributed by atoms with E-state index in [0.717, 1.165) is 41.9 Å². The SMILES string of the molecule is O=C(O)CCCC/C=C(\c1ccc(C(=O)NC(CO)C(=O)NCCCCC2CCCCC2)cc1)c1cccnc1. The first-order chi connectivity index (χ1) is 19.5. The number of aliphatic hydroxyl groups is 1. The lowest BCUT2D eigenvalue weighted by Gasteiger charge is -2.21. The van der Waals surface area contributed by atoms with E-state index in [4.69, 9.17) is 5.11 Å². The third-order valence-electron chi connectivity index (χ3n) is 7.49. The summed E-state index contributed by atoms with van der Waals surface area (Å²) in [5, 5.41) is 24.1. The Kier molecular flexibility index (Phi) is 13.4. The number of carboxylic acids is 1. The molecule has 0 aliphatic heterocycles. The van der Waals surface area contributed by atoms with Crippen LogP contribution in [0.4, 0.5) is 0 Å². The number of aliphatic hydroxyl groups excluding tert-OH is 1. The molecule has 2 amide bonds. The number of benzene rings is 1. The van der Waals surface area contributed by atoms with Gasteiger partial charge in [-0.1, -0.05) is 69.2 Å². The van der Waals surface area contributed by atoms with Crippen molar-refractivity contribution in [3.8, 4) is 0 Å². The lowest BCUT2D eigenvalue weighted by Crippen LogP contribution is -2.49. The maximum Gasteiger partial charge on any atom is 0.303 e. The molecule has 3 rings (SSSR count). The number of carbonyl (C=O) groups is 3. The van der Waals surface area contributed by atoms with Crippen LogP contribution < -0.4 is 10.6 Å². The summed E-state index contributed by atoms with van der Waals surface area (Å²) in [6.45, 7) is 0.0554. The minimum absolute atomic E-state index is 0.146. The Morgan fingerprint density at radius 1 is 0.950 bits per heavy atom. The Labute approximate surface area is 237 Å². The summed E-state index contributed by atoms with van der Waals surface area (Å²) in [7, 11) is 0. The monoisotopic (exact) mass is 549 g/mol. The van der Waals surface area contributed by atoms with Crippen molar-refractivity contribution in [3.63, 3.8) is 0 Å². The number of hydrogen-bond donors (Lipinski definition) is 4. The highest BCUT2D eigenvalue weighted by Gasteiger charge is 2.20. The Morgan fingerprint density at radius 2 is 1.70 bits per heavy atom. The quantitative estimate of drug-likeness (QED) is 0.215. The summed E-state index contributed by atoms with van der Waals surface area (Å²) in [5.74, 6) is -0.787. The van der Waals surface area contributed by atoms with Crippen LogP contribution >= 0.6 is 0 Å². The van der Waals surface area contributed by atoms with Gasteiger partial charge >= 0.3 is 5.97 Å². The zero-order chi connectivity index (χ0) is 28.6. The molecule has 0 bridgehead atoms. The molecule has 8 heteroatoms. The minimum atomic E-state index is -1.01. The summed E-state index contributed by atoms with van der Waals surface area (Å²) < 4.78 is 0. The maximum absolute atomic E-state index is 12.8. The van der Waals surface area contributed by atoms with Crippen LogP contribution in [0, 0.1) is 5.92 Å². The molecule has 4 N–H and O–H groups in total. The van der Waals surface area contributed by atoms with Crippen molar-refractivity contribution < 1.29 is 24.6 Å². The van der Waals surface area contributed by atoms with Gasteiger partial charge in [-0.3, -0.25) is 19.4 Å². The van der Waals surface area contributed by atoms with Crippen molar-refractivity contribution in [2.45, 2.75) is 83.1 Å². The van der Waals surface area contributed by atoms with Crippen LogP contribution in [0.2, 0.25) is 0 Å². The number of unbranched alkanes of at least 4 members (excludes halogenated alkanes) is 3. The van der Waals surface area contributed by atoms with Crippen molar-refractivity contribution in [3.05, 3.63) is 71.6 Å². The van der Waals surface area contributed by atoms with Gasteiger partial charge in [0, 0.05) is 36.5 Å². The molecule has 0 saturated heterocycles. The predicted molar refractivity (Wildman–Crippen MR) is 156 cm³/mol. The van der Waals surface area contributed by atoms with Gasteiger partial charge in [0.2, 0.25) is 5.91 Å². The molecule has 1 aromatic heterocycles. The fraction of sp³-hybridized carbons (Fsp3) is 0.500. The van der Waals surface area contributed by atoms with Gasteiger partial charge in [0.15, 0.2) is 0 Å². The van der Waals surface area contributed by atoms with Gasteiger partial charge in [-0.2, -0.15) is 0 Å². The Hall–Kier alpha value is -3.52. The van der Waals surface area contributed by atoms with Crippen molar-refractivity contribution in [2.75, 3.05) is 13.2 Å². The molecule has 1 fully saturated rings. The van der Waals surface area contributed by atoms with Crippen molar-refractivity contribution in [1.82, 2.24) is 15.6 Å². The van der Waals surface area contributed by atoms with Crippen molar-refractivity contribution >= 4 is 23.4 Å². The molecule has 0 spiro atoms. The Balaban J connectivity index is 1.52. The van der Waals surface area contributed by atoms with Crippen LogP contribution in [0.3, 0.4) is 0 Å². The number of carboxylic acid groups (broad SMARTS) is 1. The largest absolute Gasteiger partial charge is 0.481 e. The molecule has 1 heterocycles. The first-order valence-electron chi connectivity index (χ1n) is 14.6. The standard InChI is InChI=1S/C32H43N3O5/c36-23-29(32(40)34-21-8-7-12-24-10-3-1-4-11-24)35-31(39)26-18-16-25(17-19-26)28(27-13-9-20-33-22-27)14-5-2-6-15-30(37)38/h9,13-14,16-20,22,24,29,36H,1-8,10-12,15,21,23H2,(H,34,40)(H,35,39)(H,37,38)/b28-14+. The van der Waals surface area contributed by atoms with Crippen LogP contribution in [-0.4, -0.2) is 52.2 Å². The van der Waals surface area contributed by atoms with E-state index in [1.165, 1.54) is 38.5 Å². The van der Waals surface area contributed by atoms with E-state index in [1.807, 2.05) is 24.3 Å². The minimum Gasteiger partial charge on any atom is -0.481 e. The summed E-state index contributed by atoms with van der Waals surface area (Å²) in [6, 6.07) is 9.86. The van der Waals surface area contributed by atoms with Crippen LogP contribution in [0.1, 0.15) is 98.5 Å². The second-order valence-corrected chi connectivity index (χ2v) is 10.6. The summed E-state index contributed by atoms with van der Waals surface area (Å²) >= 11 is 0. The van der Waals surface area contributed by atoms with Crippen LogP contribution in [0.15, 0.2) is 54.9 Å². The van der Waals surface area contributed by atoms with E-state index in [1.54, 1.807) is 24.5 Å². The topological polar surface area (TPSA) is 129 Å². The summed E-state index contributed by atoms with van der Waals surface area (Å²) in [5.41, 5.74) is 3.15. The number of nitrogens with zero attached hydrogens (tertiary/aromatic N) is 1. The van der Waals surface area contributed by atoms with Crippen LogP contribution in [-0.2, 0) is 9.59 Å². The molecule has 2 aromatic rings. The second kappa shape index (κ2) is 17.2. The predicted octanol–water partition coefficient (Wildman–Crippen LogP) is 5.12. The average Bonchev–Trinajstić information content (AvgIpc) is 2.98. The van der Waals surface area contributed by atoms with Gasteiger partial charge < -0.3 is 20.8 Å². The average molecular weight is 550 g/mol. The van der Waals surface area contributed by atoms with Gasteiger partial charge in [0.1, 0.15) is 6.04 Å². The molecule has 1 unspecified atom stereocenters. The van der Waals surface area contributed by atoms with E-state index in [2.05, 4.69) is 21.7 Å². The summed E-state index contributed by atoms with van der Waals surface area (Å²) in [6.07, 6.45) is 17.6. The molecule has 216 valence electrons.